The predicted octanol–water partition coefficient (Wildman–Crippen LogP) is 2.57. The van der Waals surface area contributed by atoms with Crippen LogP contribution in [0.4, 0.5) is 0 Å². The van der Waals surface area contributed by atoms with Crippen LogP contribution in [0.3, 0.4) is 0 Å². The summed E-state index contributed by atoms with van der Waals surface area (Å²) in [6.45, 7) is 4.25. The number of fused-ring (bicyclic) bond motifs is 1. The van der Waals surface area contributed by atoms with Gasteiger partial charge in [0, 0.05) is 17.4 Å². The quantitative estimate of drug-likeness (QED) is 0.774. The summed E-state index contributed by atoms with van der Waals surface area (Å²) in [5.41, 5.74) is 1.30. The molecule has 1 heterocycles. The molecule has 3 N–H and O–H groups in total. The van der Waals surface area contributed by atoms with Crippen molar-refractivity contribution in [3.63, 3.8) is 0 Å². The first kappa shape index (κ1) is 15.6. The van der Waals surface area contributed by atoms with Crippen molar-refractivity contribution in [1.82, 2.24) is 15.6 Å². The van der Waals surface area contributed by atoms with Gasteiger partial charge in [-0.15, -0.1) is 0 Å². The van der Waals surface area contributed by atoms with Crippen LogP contribution in [0.15, 0.2) is 28.7 Å². The number of nitrogens with one attached hydrogen (secondary N) is 3. The Morgan fingerprint density at radius 3 is 2.71 bits per heavy atom. The largest absolute Gasteiger partial charge is 0.354 e. The average Bonchev–Trinajstić information content (AvgIpc) is 2.82. The molecule has 21 heavy (non-hydrogen) atoms. The molecular weight excluding hydrogens is 334 g/mol. The van der Waals surface area contributed by atoms with E-state index >= 15 is 0 Å². The molecule has 112 valence electrons. The number of halogens is 1. The second kappa shape index (κ2) is 6.76. The van der Waals surface area contributed by atoms with Crippen LogP contribution in [0.2, 0.25) is 0 Å². The first-order valence-corrected chi connectivity index (χ1v) is 7.68. The number of aromatic amines is 1. The van der Waals surface area contributed by atoms with Crippen LogP contribution in [-0.2, 0) is 4.79 Å². The van der Waals surface area contributed by atoms with Gasteiger partial charge in [-0.1, -0.05) is 25.1 Å². The summed E-state index contributed by atoms with van der Waals surface area (Å²) in [6.07, 6.45) is 0.861. The Bertz CT molecular complexity index is 666. The lowest BCUT2D eigenvalue weighted by atomic mass is 10.2. The SMILES string of the molecule is CCCNC(=O)C(C)NC(=O)c1[nH]c2ccccc2c1Br. The van der Waals surface area contributed by atoms with E-state index < -0.39 is 6.04 Å². The topological polar surface area (TPSA) is 74.0 Å². The van der Waals surface area contributed by atoms with Crippen molar-refractivity contribution in [1.29, 1.82) is 0 Å². The molecule has 6 heteroatoms. The molecule has 0 aliphatic rings. The summed E-state index contributed by atoms with van der Waals surface area (Å²) in [5.74, 6) is -0.491. The van der Waals surface area contributed by atoms with Gasteiger partial charge in [0.25, 0.3) is 5.91 Å². The Morgan fingerprint density at radius 1 is 1.33 bits per heavy atom. The van der Waals surface area contributed by atoms with E-state index in [1.807, 2.05) is 31.2 Å². The number of H-pyrrole nitrogens is 1. The van der Waals surface area contributed by atoms with Crippen LogP contribution in [0.25, 0.3) is 10.9 Å². The van der Waals surface area contributed by atoms with Gasteiger partial charge < -0.3 is 15.6 Å². The van der Waals surface area contributed by atoms with E-state index in [1.54, 1.807) is 6.92 Å². The number of para-hydroxylation sites is 1. The van der Waals surface area contributed by atoms with E-state index in [2.05, 4.69) is 31.5 Å². The molecule has 0 bridgehead atoms. The molecule has 1 aromatic heterocycles. The van der Waals surface area contributed by atoms with Crippen molar-refractivity contribution >= 4 is 38.6 Å². The third kappa shape index (κ3) is 3.44. The highest BCUT2D eigenvalue weighted by Gasteiger charge is 2.20. The van der Waals surface area contributed by atoms with Gasteiger partial charge in [-0.05, 0) is 35.3 Å². The lowest BCUT2D eigenvalue weighted by Gasteiger charge is -2.13. The molecule has 0 radical (unpaired) electrons. The zero-order valence-corrected chi connectivity index (χ0v) is 13.6. The third-order valence-electron chi connectivity index (χ3n) is 3.16. The molecule has 2 amide bonds. The lowest BCUT2D eigenvalue weighted by Crippen LogP contribution is -2.45. The van der Waals surface area contributed by atoms with Crippen LogP contribution in [0, 0.1) is 0 Å². The van der Waals surface area contributed by atoms with Gasteiger partial charge >= 0.3 is 0 Å². The Hall–Kier alpha value is -1.82. The molecule has 0 saturated carbocycles. The van der Waals surface area contributed by atoms with Crippen LogP contribution in [0.5, 0.6) is 0 Å². The second-order valence-electron chi connectivity index (χ2n) is 4.85. The molecular formula is C15H18BrN3O2. The monoisotopic (exact) mass is 351 g/mol. The molecule has 5 nitrogen and oxygen atoms in total. The normalized spacial score (nSPS) is 12.1. The van der Waals surface area contributed by atoms with E-state index in [0.717, 1.165) is 17.3 Å². The highest BCUT2D eigenvalue weighted by Crippen LogP contribution is 2.27. The van der Waals surface area contributed by atoms with Gasteiger partial charge in [0.05, 0.1) is 4.47 Å². The zero-order valence-electron chi connectivity index (χ0n) is 12.0. The number of rotatable bonds is 5. The van der Waals surface area contributed by atoms with E-state index in [-0.39, 0.29) is 11.8 Å². The maximum atomic E-state index is 12.3. The molecule has 0 spiro atoms. The number of carbonyl (C=O) groups is 2. The molecule has 0 saturated heterocycles. The Labute approximate surface area is 131 Å². The zero-order chi connectivity index (χ0) is 15.4. The molecule has 1 aromatic carbocycles. The molecule has 1 atom stereocenters. The average molecular weight is 352 g/mol. The van der Waals surface area contributed by atoms with E-state index in [9.17, 15) is 9.59 Å². The first-order chi connectivity index (χ1) is 10.0. The Balaban J connectivity index is 2.12. The molecule has 0 aliphatic carbocycles. The fourth-order valence-corrected chi connectivity index (χ4v) is 2.62. The van der Waals surface area contributed by atoms with Crippen LogP contribution in [0.1, 0.15) is 30.8 Å². The van der Waals surface area contributed by atoms with Crippen LogP contribution in [-0.4, -0.2) is 29.4 Å². The summed E-state index contributed by atoms with van der Waals surface area (Å²) in [7, 11) is 0. The summed E-state index contributed by atoms with van der Waals surface area (Å²) < 4.78 is 0.705. The van der Waals surface area contributed by atoms with Crippen molar-refractivity contribution in [2.45, 2.75) is 26.3 Å². The molecule has 2 rings (SSSR count). The minimum absolute atomic E-state index is 0.183. The van der Waals surface area contributed by atoms with E-state index in [4.69, 9.17) is 0 Å². The van der Waals surface area contributed by atoms with Crippen LogP contribution < -0.4 is 10.6 Å². The third-order valence-corrected chi connectivity index (χ3v) is 3.98. The van der Waals surface area contributed by atoms with Gasteiger partial charge in [-0.3, -0.25) is 9.59 Å². The number of amides is 2. The minimum atomic E-state index is -0.581. The molecule has 2 aromatic rings. The Morgan fingerprint density at radius 2 is 2.05 bits per heavy atom. The van der Waals surface area contributed by atoms with Gasteiger partial charge in [0.1, 0.15) is 11.7 Å². The number of hydrogen-bond acceptors (Lipinski definition) is 2. The van der Waals surface area contributed by atoms with E-state index in [0.29, 0.717) is 16.7 Å². The van der Waals surface area contributed by atoms with Crippen molar-refractivity contribution < 1.29 is 9.59 Å². The smallest absolute Gasteiger partial charge is 0.269 e. The minimum Gasteiger partial charge on any atom is -0.354 e. The highest BCUT2D eigenvalue weighted by atomic mass is 79.9. The number of benzene rings is 1. The maximum absolute atomic E-state index is 12.3. The molecule has 0 fully saturated rings. The summed E-state index contributed by atoms with van der Waals surface area (Å²) in [4.78, 5) is 27.1. The van der Waals surface area contributed by atoms with Crippen molar-refractivity contribution in [3.8, 4) is 0 Å². The molecule has 0 aliphatic heterocycles. The summed E-state index contributed by atoms with van der Waals surface area (Å²) in [5, 5.41) is 6.38. The van der Waals surface area contributed by atoms with Gasteiger partial charge in [0.15, 0.2) is 0 Å². The van der Waals surface area contributed by atoms with E-state index in [1.165, 1.54) is 0 Å². The highest BCUT2D eigenvalue weighted by molar-refractivity contribution is 9.10. The first-order valence-electron chi connectivity index (χ1n) is 6.89. The summed E-state index contributed by atoms with van der Waals surface area (Å²) in [6, 6.07) is 7.04. The van der Waals surface area contributed by atoms with Gasteiger partial charge in [-0.25, -0.2) is 0 Å². The van der Waals surface area contributed by atoms with Crippen molar-refractivity contribution in [2.24, 2.45) is 0 Å². The van der Waals surface area contributed by atoms with Crippen molar-refractivity contribution in [2.75, 3.05) is 6.54 Å². The number of carbonyl (C=O) groups excluding carboxylic acids is 2. The second-order valence-corrected chi connectivity index (χ2v) is 5.64. The fraction of sp³-hybridized carbons (Fsp3) is 0.333. The van der Waals surface area contributed by atoms with Gasteiger partial charge in [-0.2, -0.15) is 0 Å². The van der Waals surface area contributed by atoms with Crippen LogP contribution >= 0.6 is 15.9 Å². The summed E-state index contributed by atoms with van der Waals surface area (Å²) >= 11 is 3.43. The lowest BCUT2D eigenvalue weighted by molar-refractivity contribution is -0.122. The van der Waals surface area contributed by atoms with Gasteiger partial charge in [0.2, 0.25) is 5.91 Å². The molecule has 1 unspecified atom stereocenters. The predicted molar refractivity (Wildman–Crippen MR) is 86.2 cm³/mol. The number of hydrogen-bond donors (Lipinski definition) is 3. The Kier molecular flexibility index (Phi) is 5.01. The fourth-order valence-electron chi connectivity index (χ4n) is 2.00. The standard InChI is InChI=1S/C15H18BrN3O2/c1-3-8-17-14(20)9(2)18-15(21)13-12(16)10-6-4-5-7-11(10)19-13/h4-7,9,19H,3,8H2,1-2H3,(H,17,20)(H,18,21). The maximum Gasteiger partial charge on any atom is 0.269 e. The van der Waals surface area contributed by atoms with Crippen molar-refractivity contribution in [3.05, 3.63) is 34.4 Å². The number of aromatic nitrogens is 1.